The van der Waals surface area contributed by atoms with Gasteiger partial charge in [-0.2, -0.15) is 0 Å². The molecule has 1 aliphatic heterocycles. The summed E-state index contributed by atoms with van der Waals surface area (Å²) in [5.41, 5.74) is 5.02. The lowest BCUT2D eigenvalue weighted by atomic mass is 9.85. The van der Waals surface area contributed by atoms with Crippen LogP contribution in [0.2, 0.25) is 0 Å². The second-order valence-corrected chi connectivity index (χ2v) is 10.6. The van der Waals surface area contributed by atoms with Crippen LogP contribution in [0, 0.1) is 12.7 Å². The smallest absolute Gasteiger partial charge is 0.257 e. The van der Waals surface area contributed by atoms with Crippen molar-refractivity contribution in [2.24, 2.45) is 4.99 Å². The summed E-state index contributed by atoms with van der Waals surface area (Å²) in [7, 11) is 6.80. The number of nitrogens with one attached hydrogen (secondary N) is 1. The number of hydrogen-bond donors (Lipinski definition) is 1. The zero-order valence-electron chi connectivity index (χ0n) is 24.8. The molecular weight excluding hydrogens is 505 g/mol. The highest BCUT2D eigenvalue weighted by Crippen LogP contribution is 2.34. The highest BCUT2D eigenvalue weighted by Gasteiger charge is 2.28. The van der Waals surface area contributed by atoms with E-state index in [2.05, 4.69) is 35.6 Å². The lowest BCUT2D eigenvalue weighted by Gasteiger charge is -2.37. The molecule has 0 radical (unpaired) electrons. The largest absolute Gasteiger partial charge is 0.388 e. The second kappa shape index (κ2) is 13.5. The van der Waals surface area contributed by atoms with Gasteiger partial charge in [-0.3, -0.25) is 24.0 Å². The monoisotopic (exact) mass is 547 g/mol. The number of amides is 1. The van der Waals surface area contributed by atoms with E-state index < -0.39 is 0 Å². The van der Waals surface area contributed by atoms with Crippen LogP contribution in [0.3, 0.4) is 0 Å². The first-order valence-corrected chi connectivity index (χ1v) is 13.6. The number of rotatable bonds is 9. The predicted octanol–water partition coefficient (Wildman–Crippen LogP) is 5.35. The standard InChI is InChI=1S/C32H42FN5O2/c1-21(17-22(2)29(9-13-34-5)38-16-12-27(35-6)20-30(38)39)24(4)37-14-10-25(11-15-37)31-23(3)18-26(19-28(31)33)32(40)36(7)8/h9,12-13,16-20,24-25,35H,2,10-11,14-15H2,1,3-8H3/b21-17+,29-9+,34-13?/t24-/m1/s1. The molecule has 0 bridgehead atoms. The van der Waals surface area contributed by atoms with Gasteiger partial charge in [-0.15, -0.1) is 0 Å². The van der Waals surface area contributed by atoms with Crippen molar-refractivity contribution in [3.8, 4) is 0 Å². The fourth-order valence-electron chi connectivity index (χ4n) is 5.31. The molecule has 40 heavy (non-hydrogen) atoms. The summed E-state index contributed by atoms with van der Waals surface area (Å²) in [5, 5.41) is 2.99. The Morgan fingerprint density at radius 2 is 1.93 bits per heavy atom. The number of aromatic nitrogens is 1. The molecule has 1 fully saturated rings. The lowest BCUT2D eigenvalue weighted by Crippen LogP contribution is -2.40. The van der Waals surface area contributed by atoms with Crippen molar-refractivity contribution in [2.45, 2.75) is 45.6 Å². The third-order valence-electron chi connectivity index (χ3n) is 7.71. The fourth-order valence-corrected chi connectivity index (χ4v) is 5.31. The van der Waals surface area contributed by atoms with Crippen LogP contribution >= 0.6 is 0 Å². The fraction of sp³-hybridized carbons (Fsp3) is 0.406. The minimum Gasteiger partial charge on any atom is -0.388 e. The molecule has 1 saturated heterocycles. The Morgan fingerprint density at radius 3 is 2.48 bits per heavy atom. The van der Waals surface area contributed by atoms with Crippen LogP contribution in [0.4, 0.5) is 10.1 Å². The van der Waals surface area contributed by atoms with E-state index in [1.54, 1.807) is 63.4 Å². The first-order valence-electron chi connectivity index (χ1n) is 13.6. The first kappa shape index (κ1) is 30.8. The van der Waals surface area contributed by atoms with Crippen LogP contribution < -0.4 is 10.9 Å². The van der Waals surface area contributed by atoms with Gasteiger partial charge in [0.25, 0.3) is 11.5 Å². The number of carbonyl (C=O) groups excluding carboxylic acids is 1. The Hall–Kier alpha value is -3.78. The number of carbonyl (C=O) groups is 1. The number of nitrogens with zero attached hydrogens (tertiary/aromatic N) is 4. The van der Waals surface area contributed by atoms with Crippen LogP contribution in [-0.4, -0.2) is 73.8 Å². The van der Waals surface area contributed by atoms with Crippen LogP contribution in [0.15, 0.2) is 70.1 Å². The molecule has 8 heteroatoms. The predicted molar refractivity (Wildman–Crippen MR) is 164 cm³/mol. The maximum absolute atomic E-state index is 15.2. The van der Waals surface area contributed by atoms with E-state index >= 15 is 4.39 Å². The van der Waals surface area contributed by atoms with Gasteiger partial charge in [-0.1, -0.05) is 18.2 Å². The van der Waals surface area contributed by atoms with E-state index in [0.717, 1.165) is 48.3 Å². The number of anilines is 1. The lowest BCUT2D eigenvalue weighted by molar-refractivity contribution is 0.0827. The van der Waals surface area contributed by atoms with Crippen molar-refractivity contribution < 1.29 is 9.18 Å². The minimum absolute atomic E-state index is 0.113. The molecule has 0 unspecified atom stereocenters. The molecular formula is C32H42FN5O2. The zero-order chi connectivity index (χ0) is 29.6. The van der Waals surface area contributed by atoms with Crippen molar-refractivity contribution in [3.63, 3.8) is 0 Å². The maximum Gasteiger partial charge on any atom is 0.257 e. The van der Waals surface area contributed by atoms with E-state index in [4.69, 9.17) is 0 Å². The number of allylic oxidation sites excluding steroid dienone is 4. The molecule has 7 nitrogen and oxygen atoms in total. The van der Waals surface area contributed by atoms with Crippen LogP contribution in [0.5, 0.6) is 0 Å². The summed E-state index contributed by atoms with van der Waals surface area (Å²) in [6.45, 7) is 12.1. The molecule has 0 spiro atoms. The summed E-state index contributed by atoms with van der Waals surface area (Å²) in [4.78, 5) is 33.0. The molecule has 1 N–H and O–H groups in total. The van der Waals surface area contributed by atoms with Crippen molar-refractivity contribution >= 4 is 23.5 Å². The second-order valence-electron chi connectivity index (χ2n) is 10.6. The Kier molecular flexibility index (Phi) is 10.4. The van der Waals surface area contributed by atoms with Crippen LogP contribution in [0.25, 0.3) is 5.70 Å². The maximum atomic E-state index is 15.2. The number of halogens is 1. The molecule has 0 aliphatic carbocycles. The number of pyridine rings is 1. The van der Waals surface area contributed by atoms with E-state index in [0.29, 0.717) is 16.8 Å². The van der Waals surface area contributed by atoms with Gasteiger partial charge in [0.1, 0.15) is 5.82 Å². The van der Waals surface area contributed by atoms with Gasteiger partial charge in [-0.25, -0.2) is 4.39 Å². The number of aryl methyl sites for hydroxylation is 1. The van der Waals surface area contributed by atoms with Crippen LogP contribution in [-0.2, 0) is 0 Å². The first-order chi connectivity index (χ1) is 19.0. The molecule has 1 aromatic carbocycles. The Bertz CT molecular complexity index is 1370. The van der Waals surface area contributed by atoms with Gasteiger partial charge in [0.2, 0.25) is 0 Å². The van der Waals surface area contributed by atoms with E-state index in [1.807, 2.05) is 19.1 Å². The van der Waals surface area contributed by atoms with E-state index in [9.17, 15) is 9.59 Å². The number of likely N-dealkylation sites (tertiary alicyclic amines) is 1. The SMILES string of the molecule is C=C(/C=C(\C)[C@@H](C)N1CCC(c2c(C)cc(C(=O)N(C)C)cc2F)CC1)/C(=C\C=NC)n1ccc(NC)cc1=O. The van der Waals surface area contributed by atoms with Gasteiger partial charge in [-0.05, 0) is 93.6 Å². The highest BCUT2D eigenvalue weighted by atomic mass is 19.1. The van der Waals surface area contributed by atoms with Gasteiger partial charge >= 0.3 is 0 Å². The summed E-state index contributed by atoms with van der Waals surface area (Å²) in [6.07, 6.45) is 8.87. The van der Waals surface area contributed by atoms with Crippen LogP contribution in [0.1, 0.15) is 54.1 Å². The molecule has 1 aromatic heterocycles. The summed E-state index contributed by atoms with van der Waals surface area (Å²) < 4.78 is 16.7. The summed E-state index contributed by atoms with van der Waals surface area (Å²) in [5.74, 6) is -0.376. The van der Waals surface area contributed by atoms with Crippen molar-refractivity contribution in [3.05, 3.63) is 93.2 Å². The third-order valence-corrected chi connectivity index (χ3v) is 7.71. The van der Waals surface area contributed by atoms with E-state index in [-0.39, 0.29) is 29.2 Å². The zero-order valence-corrected chi connectivity index (χ0v) is 24.8. The number of piperidine rings is 1. The molecule has 1 aliphatic rings. The third kappa shape index (κ3) is 7.04. The average Bonchev–Trinajstić information content (AvgIpc) is 2.92. The quantitative estimate of drug-likeness (QED) is 0.339. The molecule has 214 valence electrons. The van der Waals surface area contributed by atoms with Crippen molar-refractivity contribution in [2.75, 3.05) is 46.6 Å². The Balaban J connectivity index is 1.74. The summed E-state index contributed by atoms with van der Waals surface area (Å²) in [6, 6.07) is 6.72. The summed E-state index contributed by atoms with van der Waals surface area (Å²) >= 11 is 0. The Labute approximate surface area is 237 Å². The van der Waals surface area contributed by atoms with Gasteiger partial charge in [0, 0.05) is 64.0 Å². The molecule has 1 amide bonds. The van der Waals surface area contributed by atoms with E-state index in [1.165, 1.54) is 11.0 Å². The molecule has 2 aromatic rings. The van der Waals surface area contributed by atoms with Gasteiger partial charge in [0.15, 0.2) is 0 Å². The van der Waals surface area contributed by atoms with Gasteiger partial charge in [0.05, 0.1) is 5.70 Å². The van der Waals surface area contributed by atoms with Crippen molar-refractivity contribution in [1.82, 2.24) is 14.4 Å². The highest BCUT2D eigenvalue weighted by molar-refractivity contribution is 5.94. The molecule has 2 heterocycles. The molecule has 3 rings (SSSR count). The Morgan fingerprint density at radius 1 is 1.25 bits per heavy atom. The number of hydrogen-bond acceptors (Lipinski definition) is 5. The molecule has 1 atom stereocenters. The minimum atomic E-state index is -0.294. The number of benzene rings is 1. The van der Waals surface area contributed by atoms with Crippen molar-refractivity contribution in [1.29, 1.82) is 0 Å². The topological polar surface area (TPSA) is 69.9 Å². The number of aliphatic imine (C=N–C) groups is 1. The molecule has 0 saturated carbocycles. The normalized spacial score (nSPS) is 16.3. The average molecular weight is 548 g/mol. The van der Waals surface area contributed by atoms with Gasteiger partial charge < -0.3 is 10.2 Å².